The topological polar surface area (TPSA) is 61.0 Å². The number of ether oxygens (including phenoxy) is 1. The van der Waals surface area contributed by atoms with E-state index in [0.717, 1.165) is 28.6 Å². The summed E-state index contributed by atoms with van der Waals surface area (Å²) < 4.78 is 5.82. The summed E-state index contributed by atoms with van der Waals surface area (Å²) >= 11 is 1.83. The van der Waals surface area contributed by atoms with Gasteiger partial charge in [-0.25, -0.2) is 9.97 Å². The highest BCUT2D eigenvalue weighted by Gasteiger charge is 2.31. The Hall–Kier alpha value is -0.810. The average Bonchev–Trinajstić information content (AvgIpc) is 2.72. The van der Waals surface area contributed by atoms with Crippen molar-refractivity contribution in [2.75, 3.05) is 12.3 Å². The zero-order valence-electron chi connectivity index (χ0n) is 11.5. The molecule has 18 heavy (non-hydrogen) atoms. The first-order valence-electron chi connectivity index (χ1n) is 6.28. The van der Waals surface area contributed by atoms with Crippen LogP contribution < -0.4 is 5.73 Å². The van der Waals surface area contributed by atoms with Crippen molar-refractivity contribution < 1.29 is 4.74 Å². The minimum atomic E-state index is -0.110. The van der Waals surface area contributed by atoms with Crippen LogP contribution in [0.25, 0.3) is 0 Å². The lowest BCUT2D eigenvalue weighted by molar-refractivity contribution is -0.0191. The standard InChI is InChI=1S/C13H21N3OS/c1-5-17-10(13(2,3)4)12-15-9-7-18-6-8(9)11(14)16-12/h10H,5-7H2,1-4H3,(H2,14,15,16). The van der Waals surface area contributed by atoms with Crippen molar-refractivity contribution in [3.05, 3.63) is 17.1 Å². The average molecular weight is 267 g/mol. The fourth-order valence-electron chi connectivity index (χ4n) is 2.09. The van der Waals surface area contributed by atoms with Gasteiger partial charge in [-0.1, -0.05) is 20.8 Å². The lowest BCUT2D eigenvalue weighted by Gasteiger charge is -2.29. The van der Waals surface area contributed by atoms with Crippen molar-refractivity contribution in [1.82, 2.24) is 9.97 Å². The van der Waals surface area contributed by atoms with Crippen LogP contribution in [-0.4, -0.2) is 16.6 Å². The first-order valence-corrected chi connectivity index (χ1v) is 7.43. The Labute approximate surface area is 113 Å². The van der Waals surface area contributed by atoms with Crippen LogP contribution in [0.1, 0.15) is 50.9 Å². The number of rotatable bonds is 3. The van der Waals surface area contributed by atoms with E-state index >= 15 is 0 Å². The lowest BCUT2D eigenvalue weighted by atomic mass is 9.88. The Morgan fingerprint density at radius 2 is 2.06 bits per heavy atom. The first kappa shape index (κ1) is 13.6. The van der Waals surface area contributed by atoms with E-state index in [4.69, 9.17) is 10.5 Å². The largest absolute Gasteiger partial charge is 0.383 e. The molecule has 0 spiro atoms. The van der Waals surface area contributed by atoms with Gasteiger partial charge in [0.15, 0.2) is 5.82 Å². The van der Waals surface area contributed by atoms with Crippen molar-refractivity contribution in [2.24, 2.45) is 5.41 Å². The lowest BCUT2D eigenvalue weighted by Crippen LogP contribution is -2.24. The summed E-state index contributed by atoms with van der Waals surface area (Å²) in [6.07, 6.45) is -0.110. The number of thioether (sulfide) groups is 1. The van der Waals surface area contributed by atoms with E-state index < -0.39 is 0 Å². The van der Waals surface area contributed by atoms with E-state index in [1.54, 1.807) is 0 Å². The molecule has 1 aliphatic rings. The third-order valence-corrected chi connectivity index (χ3v) is 3.95. The molecule has 0 fully saturated rings. The Kier molecular flexibility index (Phi) is 3.82. The molecule has 0 amide bonds. The zero-order valence-corrected chi connectivity index (χ0v) is 12.3. The van der Waals surface area contributed by atoms with Crippen molar-refractivity contribution in [1.29, 1.82) is 0 Å². The number of hydrogen-bond donors (Lipinski definition) is 1. The van der Waals surface area contributed by atoms with Gasteiger partial charge < -0.3 is 10.5 Å². The normalized spacial score (nSPS) is 16.7. The van der Waals surface area contributed by atoms with Crippen LogP contribution in [0.2, 0.25) is 0 Å². The molecule has 0 bridgehead atoms. The van der Waals surface area contributed by atoms with Crippen molar-refractivity contribution in [2.45, 2.75) is 45.3 Å². The number of nitrogen functional groups attached to an aromatic ring is 1. The molecule has 2 rings (SSSR count). The van der Waals surface area contributed by atoms with E-state index in [9.17, 15) is 0 Å². The highest BCUT2D eigenvalue weighted by Crippen LogP contribution is 2.37. The monoisotopic (exact) mass is 267 g/mol. The van der Waals surface area contributed by atoms with Crippen molar-refractivity contribution >= 4 is 17.6 Å². The Bertz CT molecular complexity index is 443. The molecule has 5 heteroatoms. The predicted octanol–water partition coefficient (Wildman–Crippen LogP) is 2.93. The predicted molar refractivity (Wildman–Crippen MR) is 75.3 cm³/mol. The molecule has 2 N–H and O–H groups in total. The van der Waals surface area contributed by atoms with Crippen LogP contribution in [0.4, 0.5) is 5.82 Å². The van der Waals surface area contributed by atoms with Crippen LogP contribution in [0.5, 0.6) is 0 Å². The second-order valence-corrected chi connectivity index (χ2v) is 6.57. The van der Waals surface area contributed by atoms with Gasteiger partial charge in [0.2, 0.25) is 0 Å². The van der Waals surface area contributed by atoms with Crippen LogP contribution in [0.15, 0.2) is 0 Å². The quantitative estimate of drug-likeness (QED) is 0.912. The number of aromatic nitrogens is 2. The molecular weight excluding hydrogens is 246 g/mol. The number of nitrogens with two attached hydrogens (primary N) is 1. The van der Waals surface area contributed by atoms with E-state index in [1.807, 2.05) is 18.7 Å². The Balaban J connectivity index is 2.40. The summed E-state index contributed by atoms with van der Waals surface area (Å²) in [6.45, 7) is 9.04. The summed E-state index contributed by atoms with van der Waals surface area (Å²) in [6, 6.07) is 0. The van der Waals surface area contributed by atoms with Gasteiger partial charge in [0, 0.05) is 23.7 Å². The van der Waals surface area contributed by atoms with E-state index in [2.05, 4.69) is 30.7 Å². The molecule has 1 aliphatic heterocycles. The van der Waals surface area contributed by atoms with Crippen LogP contribution in [0.3, 0.4) is 0 Å². The molecule has 1 aromatic rings. The molecule has 0 aromatic carbocycles. The molecule has 0 aliphatic carbocycles. The molecule has 1 unspecified atom stereocenters. The van der Waals surface area contributed by atoms with Gasteiger partial charge in [-0.15, -0.1) is 0 Å². The van der Waals surface area contributed by atoms with Gasteiger partial charge >= 0.3 is 0 Å². The molecule has 4 nitrogen and oxygen atoms in total. The minimum Gasteiger partial charge on any atom is -0.383 e. The number of hydrogen-bond acceptors (Lipinski definition) is 5. The van der Waals surface area contributed by atoms with Crippen LogP contribution >= 0.6 is 11.8 Å². The molecule has 1 atom stereocenters. The maximum absolute atomic E-state index is 6.03. The van der Waals surface area contributed by atoms with Gasteiger partial charge in [0.05, 0.1) is 5.69 Å². The molecule has 0 saturated heterocycles. The maximum atomic E-state index is 6.03. The SMILES string of the molecule is CCOC(c1nc(N)c2c(n1)CSC2)C(C)(C)C. The van der Waals surface area contributed by atoms with Crippen molar-refractivity contribution in [3.63, 3.8) is 0 Å². The van der Waals surface area contributed by atoms with Crippen LogP contribution in [-0.2, 0) is 16.2 Å². The van der Waals surface area contributed by atoms with E-state index in [0.29, 0.717) is 12.4 Å². The number of fused-ring (bicyclic) bond motifs is 1. The molecule has 100 valence electrons. The van der Waals surface area contributed by atoms with E-state index in [1.165, 1.54) is 0 Å². The second kappa shape index (κ2) is 5.05. The Morgan fingerprint density at radius 3 is 2.67 bits per heavy atom. The van der Waals surface area contributed by atoms with E-state index in [-0.39, 0.29) is 11.5 Å². The third-order valence-electron chi connectivity index (χ3n) is 2.98. The summed E-state index contributed by atoms with van der Waals surface area (Å²) in [4.78, 5) is 9.12. The first-order chi connectivity index (χ1) is 8.43. The smallest absolute Gasteiger partial charge is 0.160 e. The fourth-order valence-corrected chi connectivity index (χ4v) is 3.14. The highest BCUT2D eigenvalue weighted by molar-refractivity contribution is 7.98. The Morgan fingerprint density at radius 1 is 1.33 bits per heavy atom. The zero-order chi connectivity index (χ0) is 13.3. The number of anilines is 1. The fraction of sp³-hybridized carbons (Fsp3) is 0.692. The number of nitrogens with zero attached hydrogens (tertiary/aromatic N) is 2. The van der Waals surface area contributed by atoms with Gasteiger partial charge in [0.1, 0.15) is 11.9 Å². The second-order valence-electron chi connectivity index (χ2n) is 5.59. The maximum Gasteiger partial charge on any atom is 0.160 e. The molecule has 0 radical (unpaired) electrons. The van der Waals surface area contributed by atoms with Gasteiger partial charge in [-0.2, -0.15) is 11.8 Å². The van der Waals surface area contributed by atoms with Crippen molar-refractivity contribution in [3.8, 4) is 0 Å². The van der Waals surface area contributed by atoms with Gasteiger partial charge in [0.25, 0.3) is 0 Å². The summed E-state index contributed by atoms with van der Waals surface area (Å²) in [5, 5.41) is 0. The molecule has 2 heterocycles. The van der Waals surface area contributed by atoms with Gasteiger partial charge in [-0.3, -0.25) is 0 Å². The van der Waals surface area contributed by atoms with Crippen LogP contribution in [0, 0.1) is 5.41 Å². The van der Waals surface area contributed by atoms with Gasteiger partial charge in [-0.05, 0) is 12.3 Å². The molecule has 1 aromatic heterocycles. The molecule has 0 saturated carbocycles. The summed E-state index contributed by atoms with van der Waals surface area (Å²) in [5.74, 6) is 3.20. The summed E-state index contributed by atoms with van der Waals surface area (Å²) in [5.41, 5.74) is 8.18. The highest BCUT2D eigenvalue weighted by atomic mass is 32.2. The minimum absolute atomic E-state index is 0.0393. The molecular formula is C13H21N3OS. The third kappa shape index (κ3) is 2.62. The summed E-state index contributed by atoms with van der Waals surface area (Å²) in [7, 11) is 0.